The van der Waals surface area contributed by atoms with Gasteiger partial charge in [0.15, 0.2) is 11.5 Å². The number of aromatic carboxylic acids is 1. The SMILES string of the molecule is CCN1CCCc2cc(N=Nc3cccc(C(=O)O)n3)c(S(=O)(=O)O)cc21. The number of carboxylic acids is 1. The van der Waals surface area contributed by atoms with Gasteiger partial charge in [-0.1, -0.05) is 6.07 Å². The maximum Gasteiger partial charge on any atom is 0.354 e. The van der Waals surface area contributed by atoms with Crippen molar-refractivity contribution in [3.63, 3.8) is 0 Å². The van der Waals surface area contributed by atoms with Crippen LogP contribution in [0.4, 0.5) is 17.2 Å². The molecule has 0 aliphatic carbocycles. The third-order valence-corrected chi connectivity index (χ3v) is 5.13. The Hall–Kier alpha value is -2.85. The number of aryl methyl sites for hydroxylation is 1. The predicted molar refractivity (Wildman–Crippen MR) is 97.8 cm³/mol. The van der Waals surface area contributed by atoms with Crippen molar-refractivity contribution in [2.24, 2.45) is 10.2 Å². The molecule has 3 rings (SSSR count). The predicted octanol–water partition coefficient (Wildman–Crippen LogP) is 3.21. The highest BCUT2D eigenvalue weighted by Gasteiger charge is 2.23. The number of aromatic nitrogens is 1. The second kappa shape index (κ2) is 7.41. The number of hydrogen-bond donors (Lipinski definition) is 2. The second-order valence-electron chi connectivity index (χ2n) is 5.99. The summed E-state index contributed by atoms with van der Waals surface area (Å²) in [5.41, 5.74) is 1.44. The lowest BCUT2D eigenvalue weighted by Gasteiger charge is -2.30. The molecule has 10 heteroatoms. The zero-order valence-corrected chi connectivity index (χ0v) is 15.3. The van der Waals surface area contributed by atoms with Crippen LogP contribution in [0.5, 0.6) is 0 Å². The van der Waals surface area contributed by atoms with E-state index in [4.69, 9.17) is 5.11 Å². The molecule has 0 atom stereocenters. The van der Waals surface area contributed by atoms with Gasteiger partial charge in [0.2, 0.25) is 0 Å². The van der Waals surface area contributed by atoms with E-state index in [1.807, 2.05) is 11.8 Å². The van der Waals surface area contributed by atoms with Gasteiger partial charge in [-0.15, -0.1) is 10.2 Å². The summed E-state index contributed by atoms with van der Waals surface area (Å²) < 4.78 is 33.3. The van der Waals surface area contributed by atoms with E-state index in [1.165, 1.54) is 24.3 Å². The van der Waals surface area contributed by atoms with Crippen LogP contribution in [-0.4, -0.2) is 42.1 Å². The number of pyridine rings is 1. The van der Waals surface area contributed by atoms with Crippen molar-refractivity contribution < 1.29 is 22.9 Å². The Morgan fingerprint density at radius 3 is 2.74 bits per heavy atom. The van der Waals surface area contributed by atoms with Gasteiger partial charge in [-0.25, -0.2) is 9.78 Å². The molecule has 0 fully saturated rings. The second-order valence-corrected chi connectivity index (χ2v) is 7.38. The first-order valence-electron chi connectivity index (χ1n) is 8.31. The molecule has 2 N–H and O–H groups in total. The normalized spacial score (nSPS) is 14.4. The Morgan fingerprint density at radius 2 is 2.07 bits per heavy atom. The van der Waals surface area contributed by atoms with Gasteiger partial charge in [-0.05, 0) is 49.6 Å². The summed E-state index contributed by atoms with van der Waals surface area (Å²) in [5.74, 6) is -1.19. The van der Waals surface area contributed by atoms with Gasteiger partial charge < -0.3 is 10.0 Å². The first-order chi connectivity index (χ1) is 12.8. The quantitative estimate of drug-likeness (QED) is 0.591. The molecular weight excluding hydrogens is 372 g/mol. The molecule has 0 saturated heterocycles. The van der Waals surface area contributed by atoms with Crippen molar-refractivity contribution in [3.8, 4) is 0 Å². The van der Waals surface area contributed by atoms with E-state index < -0.39 is 16.1 Å². The summed E-state index contributed by atoms with van der Waals surface area (Å²) in [4.78, 5) is 16.5. The van der Waals surface area contributed by atoms with Gasteiger partial charge in [0.05, 0.1) is 0 Å². The van der Waals surface area contributed by atoms with Gasteiger partial charge in [0.25, 0.3) is 10.1 Å². The van der Waals surface area contributed by atoms with Crippen molar-refractivity contribution in [3.05, 3.63) is 41.6 Å². The number of anilines is 1. The molecule has 2 aromatic rings. The number of carboxylic acid groups (broad SMARTS) is 1. The highest BCUT2D eigenvalue weighted by Crippen LogP contribution is 2.36. The first kappa shape index (κ1) is 18.9. The highest BCUT2D eigenvalue weighted by atomic mass is 32.2. The molecule has 1 aliphatic rings. The molecule has 0 unspecified atom stereocenters. The maximum absolute atomic E-state index is 11.8. The van der Waals surface area contributed by atoms with E-state index in [9.17, 15) is 17.8 Å². The molecule has 0 bridgehead atoms. The minimum Gasteiger partial charge on any atom is -0.477 e. The number of azo groups is 1. The van der Waals surface area contributed by atoms with Gasteiger partial charge >= 0.3 is 5.97 Å². The standard InChI is InChI=1S/C17H18N4O5S/c1-2-21-8-4-5-11-9-13(15(10-14(11)21)27(24,25)26)19-20-16-7-3-6-12(18-16)17(22)23/h3,6-7,9-10H,2,4-5,8H2,1H3,(H,22,23)(H,24,25,26). The average molecular weight is 390 g/mol. The van der Waals surface area contributed by atoms with Crippen molar-refractivity contribution in [2.75, 3.05) is 18.0 Å². The smallest absolute Gasteiger partial charge is 0.354 e. The Kier molecular flexibility index (Phi) is 5.19. The van der Waals surface area contributed by atoms with E-state index in [0.717, 1.165) is 30.6 Å². The largest absolute Gasteiger partial charge is 0.477 e. The molecule has 0 radical (unpaired) electrons. The van der Waals surface area contributed by atoms with E-state index in [0.29, 0.717) is 6.54 Å². The highest BCUT2D eigenvalue weighted by molar-refractivity contribution is 7.86. The zero-order chi connectivity index (χ0) is 19.6. The van der Waals surface area contributed by atoms with Crippen molar-refractivity contribution in [1.82, 2.24) is 4.98 Å². The number of nitrogens with zero attached hydrogens (tertiary/aromatic N) is 4. The molecular formula is C17H18N4O5S. The van der Waals surface area contributed by atoms with Gasteiger partial charge in [-0.3, -0.25) is 4.55 Å². The Bertz CT molecular complexity index is 1020. The monoisotopic (exact) mass is 390 g/mol. The van der Waals surface area contributed by atoms with Crippen LogP contribution < -0.4 is 4.90 Å². The summed E-state index contributed by atoms with van der Waals surface area (Å²) in [6, 6.07) is 7.21. The summed E-state index contributed by atoms with van der Waals surface area (Å²) in [6.07, 6.45) is 1.68. The number of carbonyl (C=O) groups is 1. The van der Waals surface area contributed by atoms with Crippen LogP contribution in [0.1, 0.15) is 29.4 Å². The molecule has 27 heavy (non-hydrogen) atoms. The van der Waals surface area contributed by atoms with Crippen LogP contribution in [0.15, 0.2) is 45.5 Å². The lowest BCUT2D eigenvalue weighted by Crippen LogP contribution is -2.29. The van der Waals surface area contributed by atoms with E-state index >= 15 is 0 Å². The first-order valence-corrected chi connectivity index (χ1v) is 9.75. The van der Waals surface area contributed by atoms with E-state index in [1.54, 1.807) is 6.07 Å². The minimum atomic E-state index is -4.52. The topological polar surface area (TPSA) is 133 Å². The number of benzene rings is 1. The summed E-state index contributed by atoms with van der Waals surface area (Å²) in [7, 11) is -4.52. The van der Waals surface area contributed by atoms with E-state index in [-0.39, 0.29) is 22.1 Å². The fourth-order valence-corrected chi connectivity index (χ4v) is 3.62. The van der Waals surface area contributed by atoms with Crippen LogP contribution in [-0.2, 0) is 16.5 Å². The van der Waals surface area contributed by atoms with Gasteiger partial charge in [0.1, 0.15) is 10.6 Å². The summed E-state index contributed by atoms with van der Waals surface area (Å²) >= 11 is 0. The molecule has 9 nitrogen and oxygen atoms in total. The average Bonchev–Trinajstić information content (AvgIpc) is 2.64. The summed E-state index contributed by atoms with van der Waals surface area (Å²) in [5, 5.41) is 16.7. The molecule has 1 aliphatic heterocycles. The van der Waals surface area contributed by atoms with Crippen LogP contribution in [0.2, 0.25) is 0 Å². The molecule has 1 aromatic heterocycles. The van der Waals surface area contributed by atoms with Crippen molar-refractivity contribution in [1.29, 1.82) is 0 Å². The zero-order valence-electron chi connectivity index (χ0n) is 14.5. The summed E-state index contributed by atoms with van der Waals surface area (Å²) in [6.45, 7) is 3.49. The third kappa shape index (κ3) is 4.12. The fraction of sp³-hybridized carbons (Fsp3) is 0.294. The molecule has 2 heterocycles. The van der Waals surface area contributed by atoms with Gasteiger partial charge in [-0.2, -0.15) is 8.42 Å². The Labute approximate surface area is 156 Å². The van der Waals surface area contributed by atoms with Crippen LogP contribution in [0.3, 0.4) is 0 Å². The number of hydrogen-bond acceptors (Lipinski definition) is 7. The molecule has 0 amide bonds. The fourth-order valence-electron chi connectivity index (χ4n) is 2.99. The van der Waals surface area contributed by atoms with Crippen molar-refractivity contribution in [2.45, 2.75) is 24.7 Å². The third-order valence-electron chi connectivity index (χ3n) is 4.25. The van der Waals surface area contributed by atoms with Crippen molar-refractivity contribution >= 4 is 33.3 Å². The number of fused-ring (bicyclic) bond motifs is 1. The maximum atomic E-state index is 11.8. The minimum absolute atomic E-state index is 0.0169. The van der Waals surface area contributed by atoms with Crippen LogP contribution >= 0.6 is 0 Å². The lowest BCUT2D eigenvalue weighted by molar-refractivity contribution is 0.0690. The molecule has 142 valence electrons. The molecule has 0 saturated carbocycles. The molecule has 0 spiro atoms. The van der Waals surface area contributed by atoms with Crippen LogP contribution in [0.25, 0.3) is 0 Å². The van der Waals surface area contributed by atoms with Gasteiger partial charge in [0, 0.05) is 18.8 Å². The molecule has 1 aromatic carbocycles. The number of rotatable bonds is 5. The lowest BCUT2D eigenvalue weighted by atomic mass is 10.0. The Morgan fingerprint density at radius 1 is 1.30 bits per heavy atom. The Balaban J connectivity index is 2.07. The van der Waals surface area contributed by atoms with E-state index in [2.05, 4.69) is 15.2 Å². The van der Waals surface area contributed by atoms with Crippen LogP contribution in [0, 0.1) is 0 Å².